The fourth-order valence-electron chi connectivity index (χ4n) is 9.11. The molecular weight excluding hydrogens is 629 g/mol. The average Bonchev–Trinajstić information content (AvgIpc) is 3.73. The molecule has 0 saturated carbocycles. The molecule has 2 heterocycles. The summed E-state index contributed by atoms with van der Waals surface area (Å²) >= 11 is 0. The normalized spacial score (nSPS) is 19.1. The van der Waals surface area contributed by atoms with Gasteiger partial charge in [0, 0.05) is 39.7 Å². The van der Waals surface area contributed by atoms with Gasteiger partial charge in [0.1, 0.15) is 0 Å². The third-order valence-corrected chi connectivity index (χ3v) is 11.6. The van der Waals surface area contributed by atoms with Crippen LogP contribution in [0.4, 0.5) is 11.4 Å². The molecule has 8 aromatic rings. The third-order valence-electron chi connectivity index (χ3n) is 11.6. The highest BCUT2D eigenvalue weighted by Gasteiger charge is 2.37. The molecule has 0 bridgehead atoms. The number of benzene rings is 7. The highest BCUT2D eigenvalue weighted by molar-refractivity contribution is 6.12. The van der Waals surface area contributed by atoms with Crippen molar-refractivity contribution >= 4 is 60.4 Å². The molecule has 3 aliphatic rings. The maximum atomic E-state index is 2.55. The minimum absolute atomic E-state index is 0.237. The SMILES string of the molecule is C1=CC2c3cc(-c4ccc5c(c4)c4ccccc4n5C4=CCC(c5ccccc5)C=C4)ccc3N(c3ccc4ccc5ccccc5c4c3)C2C=C1. The quantitative estimate of drug-likeness (QED) is 0.170. The predicted molar refractivity (Wildman–Crippen MR) is 220 cm³/mol. The van der Waals surface area contributed by atoms with Crippen LogP contribution in [0.2, 0.25) is 0 Å². The number of fused-ring (bicyclic) bond motifs is 9. The average molecular weight is 665 g/mol. The van der Waals surface area contributed by atoms with Crippen LogP contribution in [0.15, 0.2) is 188 Å². The number of para-hydroxylation sites is 1. The second kappa shape index (κ2) is 11.6. The van der Waals surface area contributed by atoms with Crippen molar-refractivity contribution in [3.63, 3.8) is 0 Å². The number of aromatic nitrogens is 1. The Hall–Kier alpha value is -6.38. The van der Waals surface area contributed by atoms with Crippen molar-refractivity contribution in [2.24, 2.45) is 0 Å². The van der Waals surface area contributed by atoms with Crippen LogP contribution in [-0.2, 0) is 0 Å². The maximum absolute atomic E-state index is 2.55. The fraction of sp³-hybridized carbons (Fsp3) is 0.0800. The van der Waals surface area contributed by atoms with Gasteiger partial charge >= 0.3 is 0 Å². The Bertz CT molecular complexity index is 2850. The van der Waals surface area contributed by atoms with Crippen LogP contribution in [0.5, 0.6) is 0 Å². The molecule has 0 fully saturated rings. The van der Waals surface area contributed by atoms with Gasteiger partial charge < -0.3 is 9.47 Å². The molecule has 2 nitrogen and oxygen atoms in total. The second-order valence-electron chi connectivity index (χ2n) is 14.4. The standard InChI is InChI=1S/C50H36N2/c1-2-10-33(11-3-1)34-20-25-39(26-21-34)51-47-16-8-6-14-42(47)45-30-37(23-28-49(45)51)38-24-29-50-46(31-38)43-15-7-9-17-48(43)52(50)40-27-22-36-19-18-35-12-4-5-13-41(35)44(36)32-40/h1-20,22-32,34,43,48H,21H2. The largest absolute Gasteiger partial charge is 0.333 e. The Morgan fingerprint density at radius 1 is 0.519 bits per heavy atom. The van der Waals surface area contributed by atoms with Gasteiger partial charge in [0.05, 0.1) is 17.1 Å². The summed E-state index contributed by atoms with van der Waals surface area (Å²) in [6.45, 7) is 0. The van der Waals surface area contributed by atoms with E-state index in [1.54, 1.807) is 0 Å². The second-order valence-corrected chi connectivity index (χ2v) is 14.4. The van der Waals surface area contributed by atoms with Crippen molar-refractivity contribution in [1.29, 1.82) is 0 Å². The highest BCUT2D eigenvalue weighted by Crippen LogP contribution is 2.50. The van der Waals surface area contributed by atoms with Crippen molar-refractivity contribution in [2.75, 3.05) is 4.90 Å². The number of nitrogens with zero attached hydrogens (tertiary/aromatic N) is 2. The topological polar surface area (TPSA) is 8.17 Å². The number of anilines is 2. The van der Waals surface area contributed by atoms with E-state index in [2.05, 4.69) is 198 Å². The van der Waals surface area contributed by atoms with Crippen LogP contribution in [0, 0.1) is 0 Å². The van der Waals surface area contributed by atoms with Gasteiger partial charge in [0.15, 0.2) is 0 Å². The Morgan fingerprint density at radius 3 is 2.13 bits per heavy atom. The van der Waals surface area contributed by atoms with Gasteiger partial charge in [0.2, 0.25) is 0 Å². The molecule has 0 saturated heterocycles. The lowest BCUT2D eigenvalue weighted by molar-refractivity contribution is 0.745. The molecule has 2 heteroatoms. The lowest BCUT2D eigenvalue weighted by atomic mass is 9.89. The molecule has 11 rings (SSSR count). The van der Waals surface area contributed by atoms with Gasteiger partial charge in [0.25, 0.3) is 0 Å². The van der Waals surface area contributed by atoms with Crippen LogP contribution in [0.3, 0.4) is 0 Å². The first-order chi connectivity index (χ1) is 25.8. The monoisotopic (exact) mass is 664 g/mol. The first-order valence-electron chi connectivity index (χ1n) is 18.5. The zero-order valence-corrected chi connectivity index (χ0v) is 28.7. The molecule has 0 amide bonds. The van der Waals surface area contributed by atoms with E-state index in [1.165, 1.54) is 82.7 Å². The zero-order valence-electron chi connectivity index (χ0n) is 28.7. The minimum atomic E-state index is 0.237. The molecule has 1 aliphatic heterocycles. The molecule has 0 radical (unpaired) electrons. The van der Waals surface area contributed by atoms with Crippen molar-refractivity contribution in [2.45, 2.75) is 24.3 Å². The Kier molecular flexibility index (Phi) is 6.54. The summed E-state index contributed by atoms with van der Waals surface area (Å²) in [5, 5.41) is 7.73. The number of allylic oxidation sites excluding steroid dienone is 6. The summed E-state index contributed by atoms with van der Waals surface area (Å²) < 4.78 is 2.45. The number of hydrogen-bond acceptors (Lipinski definition) is 1. The van der Waals surface area contributed by atoms with E-state index < -0.39 is 0 Å². The minimum Gasteiger partial charge on any atom is -0.333 e. The van der Waals surface area contributed by atoms with Crippen LogP contribution in [0.1, 0.15) is 29.4 Å². The third kappa shape index (κ3) is 4.50. The number of hydrogen-bond donors (Lipinski definition) is 0. The fourth-order valence-corrected chi connectivity index (χ4v) is 9.11. The summed E-state index contributed by atoms with van der Waals surface area (Å²) in [5.41, 5.74) is 11.5. The van der Waals surface area contributed by atoms with Crippen molar-refractivity contribution in [3.8, 4) is 11.1 Å². The van der Waals surface area contributed by atoms with Crippen LogP contribution < -0.4 is 4.90 Å². The van der Waals surface area contributed by atoms with E-state index >= 15 is 0 Å². The predicted octanol–water partition coefficient (Wildman–Crippen LogP) is 13.1. The molecule has 246 valence electrons. The van der Waals surface area contributed by atoms with Gasteiger partial charge in [-0.3, -0.25) is 0 Å². The van der Waals surface area contributed by atoms with Crippen molar-refractivity contribution < 1.29 is 0 Å². The van der Waals surface area contributed by atoms with E-state index in [9.17, 15) is 0 Å². The van der Waals surface area contributed by atoms with Gasteiger partial charge in [-0.25, -0.2) is 0 Å². The van der Waals surface area contributed by atoms with E-state index in [1.807, 2.05) is 0 Å². The van der Waals surface area contributed by atoms with E-state index in [-0.39, 0.29) is 6.04 Å². The Morgan fingerprint density at radius 2 is 1.25 bits per heavy atom. The lowest BCUT2D eigenvalue weighted by Crippen LogP contribution is -2.28. The Balaban J connectivity index is 0.995. The van der Waals surface area contributed by atoms with Crippen LogP contribution >= 0.6 is 0 Å². The Labute approximate surface area is 303 Å². The van der Waals surface area contributed by atoms with Crippen molar-refractivity contribution in [1.82, 2.24) is 4.57 Å². The van der Waals surface area contributed by atoms with Gasteiger partial charge in [-0.15, -0.1) is 0 Å². The molecule has 1 aromatic heterocycles. The molecule has 52 heavy (non-hydrogen) atoms. The summed E-state index contributed by atoms with van der Waals surface area (Å²) in [6, 6.07) is 54.3. The van der Waals surface area contributed by atoms with Gasteiger partial charge in [-0.1, -0.05) is 140 Å². The maximum Gasteiger partial charge on any atom is 0.0629 e. The smallest absolute Gasteiger partial charge is 0.0629 e. The molecule has 2 aliphatic carbocycles. The highest BCUT2D eigenvalue weighted by atomic mass is 15.2. The van der Waals surface area contributed by atoms with Gasteiger partial charge in [-0.05, 0) is 98.8 Å². The van der Waals surface area contributed by atoms with E-state index in [0.29, 0.717) is 11.8 Å². The van der Waals surface area contributed by atoms with E-state index in [4.69, 9.17) is 0 Å². The first kappa shape index (κ1) is 29.4. The van der Waals surface area contributed by atoms with Gasteiger partial charge in [-0.2, -0.15) is 0 Å². The molecule has 3 unspecified atom stereocenters. The number of rotatable bonds is 4. The van der Waals surface area contributed by atoms with Crippen molar-refractivity contribution in [3.05, 3.63) is 199 Å². The summed E-state index contributed by atoms with van der Waals surface area (Å²) in [4.78, 5) is 2.55. The molecular formula is C50H36N2. The molecule has 3 atom stereocenters. The molecule has 7 aromatic carbocycles. The molecule has 0 spiro atoms. The summed E-state index contributed by atoms with van der Waals surface area (Å²) in [6.07, 6.45) is 17.3. The van der Waals surface area contributed by atoms with Crippen LogP contribution in [-0.4, -0.2) is 10.6 Å². The van der Waals surface area contributed by atoms with Crippen LogP contribution in [0.25, 0.3) is 60.2 Å². The first-order valence-corrected chi connectivity index (χ1v) is 18.5. The summed E-state index contributed by atoms with van der Waals surface area (Å²) in [5.74, 6) is 0.703. The zero-order chi connectivity index (χ0) is 34.2. The summed E-state index contributed by atoms with van der Waals surface area (Å²) in [7, 11) is 0. The lowest BCUT2D eigenvalue weighted by Gasteiger charge is -2.29. The van der Waals surface area contributed by atoms with E-state index in [0.717, 1.165) is 6.42 Å². The molecule has 0 N–H and O–H groups in total.